The molecule has 1 N–H and O–H groups in total. The number of carbonyl (C=O) groups excluding carboxylic acids is 1. The van der Waals surface area contributed by atoms with Gasteiger partial charge in [-0.05, 0) is 23.6 Å². The summed E-state index contributed by atoms with van der Waals surface area (Å²) in [6.07, 6.45) is 1.59. The smallest absolute Gasteiger partial charge is 0.234 e. The quantitative estimate of drug-likeness (QED) is 0.336. The highest BCUT2D eigenvalue weighted by molar-refractivity contribution is 7.99. The molecule has 0 aliphatic carbocycles. The summed E-state index contributed by atoms with van der Waals surface area (Å²) in [6, 6.07) is 26.5. The van der Waals surface area contributed by atoms with Gasteiger partial charge < -0.3 is 15.1 Å². The number of aromatic nitrogens is 2. The molecular formula is C26H25N5OS. The van der Waals surface area contributed by atoms with Crippen molar-refractivity contribution in [2.45, 2.75) is 5.03 Å². The molecule has 33 heavy (non-hydrogen) atoms. The first kappa shape index (κ1) is 21.3. The first-order valence-electron chi connectivity index (χ1n) is 11.0. The largest absolute Gasteiger partial charge is 0.368 e. The third-order valence-corrected chi connectivity index (χ3v) is 6.69. The second-order valence-corrected chi connectivity index (χ2v) is 8.88. The predicted octanol–water partition coefficient (Wildman–Crippen LogP) is 4.69. The lowest BCUT2D eigenvalue weighted by molar-refractivity contribution is -0.113. The number of hydrogen-bond acceptors (Lipinski definition) is 6. The lowest BCUT2D eigenvalue weighted by Gasteiger charge is -2.36. The molecule has 6 nitrogen and oxygen atoms in total. The van der Waals surface area contributed by atoms with Gasteiger partial charge in [-0.25, -0.2) is 9.97 Å². The number of piperazine rings is 1. The van der Waals surface area contributed by atoms with Crippen molar-refractivity contribution in [3.05, 3.63) is 85.2 Å². The summed E-state index contributed by atoms with van der Waals surface area (Å²) >= 11 is 1.43. The summed E-state index contributed by atoms with van der Waals surface area (Å²) in [5, 5.41) is 5.99. The molecule has 0 saturated carbocycles. The predicted molar refractivity (Wildman–Crippen MR) is 136 cm³/mol. The van der Waals surface area contributed by atoms with Crippen molar-refractivity contribution < 1.29 is 4.79 Å². The van der Waals surface area contributed by atoms with Gasteiger partial charge in [-0.1, -0.05) is 66.4 Å². The Morgan fingerprint density at radius 2 is 1.58 bits per heavy atom. The van der Waals surface area contributed by atoms with E-state index in [9.17, 15) is 4.79 Å². The molecule has 3 aromatic carbocycles. The zero-order valence-electron chi connectivity index (χ0n) is 18.2. The fraction of sp³-hybridized carbons (Fsp3) is 0.192. The van der Waals surface area contributed by atoms with Crippen LogP contribution in [0.1, 0.15) is 0 Å². The molecule has 0 radical (unpaired) electrons. The summed E-state index contributed by atoms with van der Waals surface area (Å²) in [5.41, 5.74) is 2.09. The lowest BCUT2D eigenvalue weighted by atomic mass is 10.1. The number of para-hydroxylation sites is 1. The minimum absolute atomic E-state index is 0.0482. The molecule has 1 saturated heterocycles. The van der Waals surface area contributed by atoms with E-state index in [1.54, 1.807) is 6.33 Å². The van der Waals surface area contributed by atoms with Crippen LogP contribution in [0.2, 0.25) is 0 Å². The SMILES string of the molecule is O=C(CSc1cc(N2CCN(c3ccccc3)CC2)ncn1)Nc1cccc2ccccc12. The van der Waals surface area contributed by atoms with Crippen molar-refractivity contribution >= 4 is 45.6 Å². The normalized spacial score (nSPS) is 13.8. The molecule has 166 valence electrons. The number of fused-ring (bicyclic) bond motifs is 1. The molecule has 1 aliphatic heterocycles. The summed E-state index contributed by atoms with van der Waals surface area (Å²) in [6.45, 7) is 3.70. The summed E-state index contributed by atoms with van der Waals surface area (Å²) in [5.74, 6) is 1.16. The van der Waals surface area contributed by atoms with Crippen LogP contribution in [-0.4, -0.2) is 47.8 Å². The summed E-state index contributed by atoms with van der Waals surface area (Å²) in [7, 11) is 0. The van der Waals surface area contributed by atoms with Crippen molar-refractivity contribution in [3.63, 3.8) is 0 Å². The van der Waals surface area contributed by atoms with Crippen LogP contribution < -0.4 is 15.1 Å². The van der Waals surface area contributed by atoms with E-state index < -0.39 is 0 Å². The van der Waals surface area contributed by atoms with Gasteiger partial charge in [0.1, 0.15) is 17.2 Å². The van der Waals surface area contributed by atoms with Gasteiger partial charge in [-0.2, -0.15) is 0 Å². The van der Waals surface area contributed by atoms with Crippen molar-refractivity contribution in [3.8, 4) is 0 Å². The van der Waals surface area contributed by atoms with E-state index in [1.165, 1.54) is 17.4 Å². The Morgan fingerprint density at radius 3 is 2.42 bits per heavy atom. The minimum Gasteiger partial charge on any atom is -0.368 e. The van der Waals surface area contributed by atoms with Crippen LogP contribution in [0.3, 0.4) is 0 Å². The van der Waals surface area contributed by atoms with E-state index in [4.69, 9.17) is 0 Å². The van der Waals surface area contributed by atoms with Crippen molar-refractivity contribution in [2.24, 2.45) is 0 Å². The number of hydrogen-bond donors (Lipinski definition) is 1. The van der Waals surface area contributed by atoms with Crippen molar-refractivity contribution in [2.75, 3.05) is 47.0 Å². The van der Waals surface area contributed by atoms with Crippen LogP contribution in [0.5, 0.6) is 0 Å². The average molecular weight is 456 g/mol. The van der Waals surface area contributed by atoms with Crippen LogP contribution in [-0.2, 0) is 4.79 Å². The van der Waals surface area contributed by atoms with Crippen LogP contribution >= 0.6 is 11.8 Å². The maximum absolute atomic E-state index is 12.6. The molecule has 7 heteroatoms. The van der Waals surface area contributed by atoms with Gasteiger partial charge in [0.15, 0.2) is 0 Å². The Bertz CT molecular complexity index is 1240. The lowest BCUT2D eigenvalue weighted by Crippen LogP contribution is -2.46. The Morgan fingerprint density at radius 1 is 0.848 bits per heavy atom. The van der Waals surface area contributed by atoms with Crippen LogP contribution in [0.25, 0.3) is 10.8 Å². The van der Waals surface area contributed by atoms with Gasteiger partial charge in [-0.3, -0.25) is 4.79 Å². The molecule has 1 amide bonds. The molecule has 4 aromatic rings. The number of nitrogens with one attached hydrogen (secondary N) is 1. The second kappa shape index (κ2) is 9.92. The van der Waals surface area contributed by atoms with Crippen LogP contribution in [0, 0.1) is 0 Å². The highest BCUT2D eigenvalue weighted by Gasteiger charge is 2.19. The zero-order valence-corrected chi connectivity index (χ0v) is 19.0. The number of benzene rings is 3. The highest BCUT2D eigenvalue weighted by atomic mass is 32.2. The minimum atomic E-state index is -0.0482. The maximum Gasteiger partial charge on any atom is 0.234 e. The summed E-state index contributed by atoms with van der Waals surface area (Å²) in [4.78, 5) is 26.1. The summed E-state index contributed by atoms with van der Waals surface area (Å²) < 4.78 is 0. The first-order valence-corrected chi connectivity index (χ1v) is 12.0. The average Bonchev–Trinajstić information content (AvgIpc) is 2.88. The van der Waals surface area contributed by atoms with E-state index in [0.717, 1.165) is 53.5 Å². The standard InChI is InChI=1S/C26H25N5OS/c32-25(29-23-12-6-8-20-7-4-5-11-22(20)23)18-33-26-17-24(27-19-28-26)31-15-13-30(14-16-31)21-9-2-1-3-10-21/h1-12,17,19H,13-16,18H2,(H,29,32). The van der Waals surface area contributed by atoms with Gasteiger partial charge in [0.05, 0.1) is 5.75 Å². The number of nitrogens with zero attached hydrogens (tertiary/aromatic N) is 4. The van der Waals surface area contributed by atoms with E-state index in [2.05, 4.69) is 49.4 Å². The van der Waals surface area contributed by atoms with Gasteiger partial charge in [0.25, 0.3) is 0 Å². The number of carbonyl (C=O) groups is 1. The van der Waals surface area contributed by atoms with Crippen LogP contribution in [0.15, 0.2) is 90.2 Å². The molecular weight excluding hydrogens is 430 g/mol. The number of thioether (sulfide) groups is 1. The molecule has 2 heterocycles. The van der Waals surface area contributed by atoms with Gasteiger partial charge in [-0.15, -0.1) is 0 Å². The highest BCUT2D eigenvalue weighted by Crippen LogP contribution is 2.25. The van der Waals surface area contributed by atoms with Crippen molar-refractivity contribution in [1.29, 1.82) is 0 Å². The molecule has 0 bridgehead atoms. The monoisotopic (exact) mass is 455 g/mol. The molecule has 1 fully saturated rings. The van der Waals surface area contributed by atoms with Crippen LogP contribution in [0.4, 0.5) is 17.2 Å². The molecule has 0 unspecified atom stereocenters. The Hall–Kier alpha value is -3.58. The zero-order chi connectivity index (χ0) is 22.5. The molecule has 5 rings (SSSR count). The number of rotatable bonds is 6. The molecule has 0 atom stereocenters. The van der Waals surface area contributed by atoms with E-state index in [0.29, 0.717) is 5.75 Å². The third-order valence-electron chi connectivity index (χ3n) is 5.77. The van der Waals surface area contributed by atoms with E-state index >= 15 is 0 Å². The Labute approximate surface area is 197 Å². The van der Waals surface area contributed by atoms with Gasteiger partial charge >= 0.3 is 0 Å². The topological polar surface area (TPSA) is 61.4 Å². The van der Waals surface area contributed by atoms with Crippen molar-refractivity contribution in [1.82, 2.24) is 9.97 Å². The molecule has 1 aromatic heterocycles. The Balaban J connectivity index is 1.17. The van der Waals surface area contributed by atoms with Gasteiger partial charge in [0, 0.05) is 49.0 Å². The number of anilines is 3. The fourth-order valence-electron chi connectivity index (χ4n) is 4.07. The Kier molecular flexibility index (Phi) is 6.39. The second-order valence-electron chi connectivity index (χ2n) is 7.89. The maximum atomic E-state index is 12.6. The molecule has 1 aliphatic rings. The van der Waals surface area contributed by atoms with E-state index in [1.807, 2.05) is 54.6 Å². The first-order chi connectivity index (χ1) is 16.3. The van der Waals surface area contributed by atoms with E-state index in [-0.39, 0.29) is 5.91 Å². The third kappa shape index (κ3) is 5.09. The molecule has 0 spiro atoms. The van der Waals surface area contributed by atoms with Gasteiger partial charge in [0.2, 0.25) is 5.91 Å². The number of amides is 1. The fourth-order valence-corrected chi connectivity index (χ4v) is 4.74.